The highest BCUT2D eigenvalue weighted by molar-refractivity contribution is 6.26. The van der Waals surface area contributed by atoms with Gasteiger partial charge in [0.2, 0.25) is 11.8 Å². The first-order chi connectivity index (χ1) is 13.7. The van der Waals surface area contributed by atoms with E-state index >= 15 is 0 Å². The van der Waals surface area contributed by atoms with Crippen molar-refractivity contribution in [2.24, 2.45) is 0 Å². The number of carbonyl (C=O) groups is 2. The van der Waals surface area contributed by atoms with Crippen LogP contribution in [0.5, 0.6) is 0 Å². The minimum absolute atomic E-state index is 0.121. The maximum atomic E-state index is 13.4. The molecule has 2 aromatic carbocycles. The Labute approximate surface area is 161 Å². The molecule has 1 unspecified atom stereocenters. The van der Waals surface area contributed by atoms with Crippen molar-refractivity contribution in [3.05, 3.63) is 66.0 Å². The number of nitrogens with one attached hydrogen (secondary N) is 1. The van der Waals surface area contributed by atoms with Crippen LogP contribution in [0.3, 0.4) is 0 Å². The quantitative estimate of drug-likeness (QED) is 0.541. The van der Waals surface area contributed by atoms with Gasteiger partial charge in [0.1, 0.15) is 0 Å². The van der Waals surface area contributed by atoms with Gasteiger partial charge in [-0.2, -0.15) is 0 Å². The van der Waals surface area contributed by atoms with Crippen LogP contribution >= 0.6 is 0 Å². The van der Waals surface area contributed by atoms with E-state index in [1.165, 1.54) is 16.0 Å². The minimum Gasteiger partial charge on any atom is -0.361 e. The van der Waals surface area contributed by atoms with Gasteiger partial charge in [0.25, 0.3) is 0 Å². The number of imide groups is 1. The number of fused-ring (bicyclic) bond motifs is 1. The first-order valence-electron chi connectivity index (χ1n) is 9.76. The molecule has 0 aliphatic carbocycles. The molecule has 4 aromatic rings. The number of benzene rings is 2. The number of aromatic nitrogens is 2. The normalized spacial score (nSPS) is 19.3. The number of H-pyrrole nitrogens is 1. The number of para-hydroxylation sites is 2. The molecule has 0 spiro atoms. The molecule has 6 rings (SSSR count). The largest absolute Gasteiger partial charge is 0.361 e. The average Bonchev–Trinajstić information content (AvgIpc) is 3.37. The summed E-state index contributed by atoms with van der Waals surface area (Å²) in [4.78, 5) is 31.0. The van der Waals surface area contributed by atoms with Gasteiger partial charge in [-0.05, 0) is 30.0 Å². The molecule has 2 amide bonds. The van der Waals surface area contributed by atoms with Crippen molar-refractivity contribution >= 4 is 39.3 Å². The molecule has 138 valence electrons. The maximum absolute atomic E-state index is 13.4. The van der Waals surface area contributed by atoms with E-state index < -0.39 is 5.92 Å². The summed E-state index contributed by atoms with van der Waals surface area (Å²) in [6.45, 7) is 0.926. The Morgan fingerprint density at radius 2 is 1.86 bits per heavy atom. The summed E-state index contributed by atoms with van der Waals surface area (Å²) >= 11 is 0. The van der Waals surface area contributed by atoms with Gasteiger partial charge in [0, 0.05) is 41.6 Å². The lowest BCUT2D eigenvalue weighted by Gasteiger charge is -2.15. The van der Waals surface area contributed by atoms with Gasteiger partial charge in [0.15, 0.2) is 0 Å². The first-order valence-corrected chi connectivity index (χ1v) is 9.76. The Balaban J connectivity index is 1.48. The summed E-state index contributed by atoms with van der Waals surface area (Å²) in [6.07, 6.45) is 6.20. The van der Waals surface area contributed by atoms with E-state index in [2.05, 4.69) is 15.6 Å². The molecule has 4 heterocycles. The van der Waals surface area contributed by atoms with Crippen LogP contribution in [-0.2, 0) is 22.6 Å². The van der Waals surface area contributed by atoms with E-state index in [0.717, 1.165) is 46.9 Å². The second-order valence-electron chi connectivity index (χ2n) is 7.74. The van der Waals surface area contributed by atoms with Crippen LogP contribution in [0.4, 0.5) is 5.69 Å². The van der Waals surface area contributed by atoms with E-state index in [1.54, 1.807) is 0 Å². The summed E-state index contributed by atoms with van der Waals surface area (Å²) in [6, 6.07) is 14.1. The summed E-state index contributed by atoms with van der Waals surface area (Å²) in [5, 5.41) is 2.01. The highest BCUT2D eigenvalue weighted by Gasteiger charge is 2.42. The van der Waals surface area contributed by atoms with Crippen LogP contribution in [-0.4, -0.2) is 21.4 Å². The Bertz CT molecular complexity index is 1280. The van der Waals surface area contributed by atoms with E-state index in [9.17, 15) is 9.59 Å². The van der Waals surface area contributed by atoms with Crippen molar-refractivity contribution in [1.29, 1.82) is 0 Å². The minimum atomic E-state index is -0.435. The van der Waals surface area contributed by atoms with Gasteiger partial charge in [-0.1, -0.05) is 36.4 Å². The van der Waals surface area contributed by atoms with E-state index in [1.807, 2.05) is 48.8 Å². The summed E-state index contributed by atoms with van der Waals surface area (Å²) < 4.78 is 2.20. The Morgan fingerprint density at radius 3 is 2.79 bits per heavy atom. The van der Waals surface area contributed by atoms with Gasteiger partial charge in [-0.3, -0.25) is 9.59 Å². The van der Waals surface area contributed by atoms with E-state index in [-0.39, 0.29) is 18.2 Å². The third kappa shape index (κ3) is 2.01. The second-order valence-corrected chi connectivity index (χ2v) is 7.74. The number of hydrogen-bond donors (Lipinski definition) is 1. The molecule has 2 aliphatic heterocycles. The molecule has 0 saturated carbocycles. The lowest BCUT2D eigenvalue weighted by atomic mass is 9.97. The second kappa shape index (κ2) is 5.58. The highest BCUT2D eigenvalue weighted by Crippen LogP contribution is 2.41. The fraction of sp³-hybridized carbons (Fsp3) is 0.217. The van der Waals surface area contributed by atoms with Gasteiger partial charge in [-0.25, -0.2) is 4.90 Å². The number of anilines is 1. The zero-order valence-electron chi connectivity index (χ0n) is 15.3. The summed E-state index contributed by atoms with van der Waals surface area (Å²) in [5.74, 6) is -0.683. The zero-order valence-corrected chi connectivity index (χ0v) is 15.3. The number of amides is 2. The number of aryl methyl sites for hydroxylation is 2. The van der Waals surface area contributed by atoms with Crippen molar-refractivity contribution in [3.8, 4) is 0 Å². The van der Waals surface area contributed by atoms with Crippen molar-refractivity contribution in [3.63, 3.8) is 0 Å². The predicted molar refractivity (Wildman–Crippen MR) is 108 cm³/mol. The molecule has 2 aliphatic rings. The fourth-order valence-electron chi connectivity index (χ4n) is 4.93. The lowest BCUT2D eigenvalue weighted by molar-refractivity contribution is -0.121. The van der Waals surface area contributed by atoms with E-state index in [4.69, 9.17) is 0 Å². The standard InChI is InChI=1S/C23H19N3O2/c27-21-11-17(18-12-24-19-9-2-1-7-15(18)19)23(28)26(21)20-13-25-10-4-6-14-5-3-8-16(20)22(14)25/h1-3,5,7-9,12-13,17,24H,4,6,10-11H2. The van der Waals surface area contributed by atoms with Crippen molar-refractivity contribution in [2.45, 2.75) is 31.7 Å². The van der Waals surface area contributed by atoms with Gasteiger partial charge < -0.3 is 9.55 Å². The van der Waals surface area contributed by atoms with Crippen LogP contribution in [0.2, 0.25) is 0 Å². The number of rotatable bonds is 2. The molecule has 0 radical (unpaired) electrons. The predicted octanol–water partition coefficient (Wildman–Crippen LogP) is 4.12. The van der Waals surface area contributed by atoms with Gasteiger partial charge in [0.05, 0.1) is 17.1 Å². The zero-order chi connectivity index (χ0) is 18.8. The van der Waals surface area contributed by atoms with Crippen molar-refractivity contribution in [1.82, 2.24) is 9.55 Å². The van der Waals surface area contributed by atoms with Crippen molar-refractivity contribution in [2.75, 3.05) is 4.90 Å². The molecule has 2 aromatic heterocycles. The first kappa shape index (κ1) is 15.7. The fourth-order valence-corrected chi connectivity index (χ4v) is 4.93. The topological polar surface area (TPSA) is 58.1 Å². The molecular formula is C23H19N3O2. The Kier molecular flexibility index (Phi) is 3.13. The molecule has 28 heavy (non-hydrogen) atoms. The van der Waals surface area contributed by atoms with Crippen LogP contribution in [0.15, 0.2) is 54.9 Å². The van der Waals surface area contributed by atoms with Gasteiger partial charge >= 0.3 is 0 Å². The SMILES string of the molecule is O=C1CC(c2c[nH]c3ccccc23)C(=O)N1c1cn2c3c(cccc13)CCC2. The Hall–Kier alpha value is -3.34. The molecule has 5 nitrogen and oxygen atoms in total. The number of carbonyl (C=O) groups excluding carboxylic acids is 2. The molecule has 0 bridgehead atoms. The number of aromatic amines is 1. The van der Waals surface area contributed by atoms with Crippen LogP contribution in [0.1, 0.15) is 29.9 Å². The molecule has 1 atom stereocenters. The third-order valence-electron chi connectivity index (χ3n) is 6.19. The number of hydrogen-bond acceptors (Lipinski definition) is 2. The molecule has 1 saturated heterocycles. The summed E-state index contributed by atoms with van der Waals surface area (Å²) in [7, 11) is 0. The maximum Gasteiger partial charge on any atom is 0.241 e. The molecule has 1 fully saturated rings. The van der Waals surface area contributed by atoms with Crippen LogP contribution < -0.4 is 4.90 Å². The molecule has 1 N–H and O–H groups in total. The molecule has 5 heteroatoms. The monoisotopic (exact) mass is 369 g/mol. The van der Waals surface area contributed by atoms with Crippen LogP contribution in [0.25, 0.3) is 21.8 Å². The molecular weight excluding hydrogens is 350 g/mol. The highest BCUT2D eigenvalue weighted by atomic mass is 16.2. The Morgan fingerprint density at radius 1 is 1.00 bits per heavy atom. The van der Waals surface area contributed by atoms with Crippen molar-refractivity contribution < 1.29 is 9.59 Å². The number of nitrogens with zero attached hydrogens (tertiary/aromatic N) is 2. The van der Waals surface area contributed by atoms with Crippen LogP contribution in [0, 0.1) is 0 Å². The average molecular weight is 369 g/mol. The lowest BCUT2D eigenvalue weighted by Crippen LogP contribution is -2.29. The van der Waals surface area contributed by atoms with Gasteiger partial charge in [-0.15, -0.1) is 0 Å². The van der Waals surface area contributed by atoms with E-state index in [0.29, 0.717) is 0 Å². The summed E-state index contributed by atoms with van der Waals surface area (Å²) in [5.41, 5.74) is 5.09. The smallest absolute Gasteiger partial charge is 0.241 e. The third-order valence-corrected chi connectivity index (χ3v) is 6.19.